The molecule has 0 saturated heterocycles. The average Bonchev–Trinajstić information content (AvgIpc) is 2.70. The molecule has 23 heavy (non-hydrogen) atoms. The quantitative estimate of drug-likeness (QED) is 0.921. The van der Waals surface area contributed by atoms with Crippen molar-refractivity contribution >= 4 is 0 Å². The fraction of sp³-hybridized carbons (Fsp3) is 0.400. The highest BCUT2D eigenvalue weighted by Gasteiger charge is 2.31. The van der Waals surface area contributed by atoms with Gasteiger partial charge in [-0.25, -0.2) is 0 Å². The summed E-state index contributed by atoms with van der Waals surface area (Å²) < 4.78 is 11.7. The zero-order valence-corrected chi connectivity index (χ0v) is 14.0. The molecule has 0 amide bonds. The van der Waals surface area contributed by atoms with Gasteiger partial charge in [0.15, 0.2) is 0 Å². The van der Waals surface area contributed by atoms with Crippen LogP contribution < -0.4 is 9.47 Å². The number of benzene rings is 2. The van der Waals surface area contributed by atoms with Gasteiger partial charge in [0.1, 0.15) is 11.5 Å². The van der Waals surface area contributed by atoms with Crippen molar-refractivity contribution in [2.45, 2.75) is 26.2 Å². The molecule has 0 bridgehead atoms. The lowest BCUT2D eigenvalue weighted by molar-refractivity contribution is 0.161. The molecule has 0 aromatic heterocycles. The molecule has 3 heteroatoms. The van der Waals surface area contributed by atoms with Crippen molar-refractivity contribution in [3.8, 4) is 22.6 Å². The smallest absolute Gasteiger partial charge is 0.127 e. The lowest BCUT2D eigenvalue weighted by atomic mass is 9.81. The van der Waals surface area contributed by atoms with E-state index < -0.39 is 0 Å². The highest BCUT2D eigenvalue weighted by molar-refractivity contribution is 5.73. The molecular weight excluding hydrogens is 288 g/mol. The molecule has 0 saturated carbocycles. The Morgan fingerprint density at radius 3 is 2.61 bits per heavy atom. The third kappa shape index (κ3) is 3.20. The van der Waals surface area contributed by atoms with E-state index in [1.165, 1.54) is 0 Å². The lowest BCUT2D eigenvalue weighted by Gasteiger charge is -2.24. The van der Waals surface area contributed by atoms with Crippen molar-refractivity contribution in [2.24, 2.45) is 5.41 Å². The SMILES string of the molecule is COc1cc2c(cc1-c1ccccc1)OCC(C)(C)CC2CO. The van der Waals surface area contributed by atoms with Crippen molar-refractivity contribution in [1.29, 1.82) is 0 Å². The number of fused-ring (bicyclic) bond motifs is 1. The minimum atomic E-state index is 0.0343. The van der Waals surface area contributed by atoms with Gasteiger partial charge in [0.25, 0.3) is 0 Å². The van der Waals surface area contributed by atoms with E-state index in [0.717, 1.165) is 34.6 Å². The second-order valence-electron chi connectivity index (χ2n) is 6.99. The number of hydrogen-bond acceptors (Lipinski definition) is 3. The number of hydrogen-bond donors (Lipinski definition) is 1. The first-order valence-corrected chi connectivity index (χ1v) is 8.05. The lowest BCUT2D eigenvalue weighted by Crippen LogP contribution is -2.22. The van der Waals surface area contributed by atoms with Crippen LogP contribution in [0.3, 0.4) is 0 Å². The van der Waals surface area contributed by atoms with E-state index in [9.17, 15) is 5.11 Å². The zero-order valence-electron chi connectivity index (χ0n) is 14.0. The highest BCUT2D eigenvalue weighted by Crippen LogP contribution is 2.44. The predicted molar refractivity (Wildman–Crippen MR) is 92.1 cm³/mol. The third-order valence-electron chi connectivity index (χ3n) is 4.49. The molecule has 1 N–H and O–H groups in total. The molecule has 1 atom stereocenters. The number of aliphatic hydroxyl groups is 1. The van der Waals surface area contributed by atoms with Crippen molar-refractivity contribution in [3.63, 3.8) is 0 Å². The van der Waals surface area contributed by atoms with E-state index in [4.69, 9.17) is 9.47 Å². The van der Waals surface area contributed by atoms with Gasteiger partial charge in [0, 0.05) is 17.0 Å². The van der Waals surface area contributed by atoms with Crippen LogP contribution in [0.15, 0.2) is 42.5 Å². The van der Waals surface area contributed by atoms with Gasteiger partial charge in [0.2, 0.25) is 0 Å². The molecular formula is C20H24O3. The second kappa shape index (κ2) is 6.25. The molecule has 1 unspecified atom stereocenters. The van der Waals surface area contributed by atoms with E-state index in [1.54, 1.807) is 7.11 Å². The summed E-state index contributed by atoms with van der Waals surface area (Å²) in [6.45, 7) is 5.12. The van der Waals surface area contributed by atoms with Crippen molar-refractivity contribution < 1.29 is 14.6 Å². The number of rotatable bonds is 3. The van der Waals surface area contributed by atoms with Gasteiger partial charge in [-0.2, -0.15) is 0 Å². The molecule has 0 spiro atoms. The number of ether oxygens (including phenoxy) is 2. The maximum absolute atomic E-state index is 9.85. The summed E-state index contributed by atoms with van der Waals surface area (Å²) in [5, 5.41) is 9.85. The maximum atomic E-state index is 9.85. The molecule has 122 valence electrons. The Hall–Kier alpha value is -2.00. The molecule has 1 aliphatic heterocycles. The van der Waals surface area contributed by atoms with Gasteiger partial charge in [-0.1, -0.05) is 44.2 Å². The summed E-state index contributed by atoms with van der Waals surface area (Å²) in [4.78, 5) is 0. The largest absolute Gasteiger partial charge is 0.496 e. The van der Waals surface area contributed by atoms with Crippen LogP contribution in [0.2, 0.25) is 0 Å². The van der Waals surface area contributed by atoms with Crippen LogP contribution in [0.1, 0.15) is 31.7 Å². The maximum Gasteiger partial charge on any atom is 0.127 e. The van der Waals surface area contributed by atoms with Gasteiger partial charge >= 0.3 is 0 Å². The molecule has 0 fully saturated rings. The predicted octanol–water partition coefficient (Wildman–Crippen LogP) is 4.25. The zero-order chi connectivity index (χ0) is 16.4. The molecule has 1 aliphatic rings. The summed E-state index contributed by atoms with van der Waals surface area (Å²) in [6, 6.07) is 14.2. The Labute approximate surface area is 137 Å². The summed E-state index contributed by atoms with van der Waals surface area (Å²) in [5.74, 6) is 1.74. The van der Waals surface area contributed by atoms with Crippen LogP contribution in [-0.4, -0.2) is 25.4 Å². The highest BCUT2D eigenvalue weighted by atomic mass is 16.5. The summed E-state index contributed by atoms with van der Waals surface area (Å²) >= 11 is 0. The van der Waals surface area contributed by atoms with Crippen LogP contribution in [0.25, 0.3) is 11.1 Å². The van der Waals surface area contributed by atoms with Gasteiger partial charge in [-0.15, -0.1) is 0 Å². The minimum Gasteiger partial charge on any atom is -0.496 e. The third-order valence-corrected chi connectivity index (χ3v) is 4.49. The summed E-state index contributed by atoms with van der Waals surface area (Å²) in [7, 11) is 1.68. The molecule has 1 heterocycles. The summed E-state index contributed by atoms with van der Waals surface area (Å²) in [6.07, 6.45) is 0.893. The molecule has 3 rings (SSSR count). The van der Waals surface area contributed by atoms with Crippen LogP contribution in [0.4, 0.5) is 0 Å². The average molecular weight is 312 g/mol. The normalized spacial score (nSPS) is 19.4. The van der Waals surface area contributed by atoms with E-state index in [-0.39, 0.29) is 17.9 Å². The fourth-order valence-electron chi connectivity index (χ4n) is 3.30. The number of aliphatic hydroxyl groups excluding tert-OH is 1. The van der Waals surface area contributed by atoms with E-state index >= 15 is 0 Å². The summed E-state index contributed by atoms with van der Waals surface area (Å²) in [5.41, 5.74) is 3.18. The monoisotopic (exact) mass is 312 g/mol. The molecule has 2 aromatic rings. The van der Waals surface area contributed by atoms with Crippen LogP contribution >= 0.6 is 0 Å². The van der Waals surface area contributed by atoms with Gasteiger partial charge < -0.3 is 14.6 Å². The standard InChI is InChI=1S/C20H24O3/c1-20(2)11-15(12-21)17-9-18(22-3)16(10-19(17)23-13-20)14-7-5-4-6-8-14/h4-10,15,21H,11-13H2,1-3H3. The Balaban J connectivity index is 2.12. The molecule has 3 nitrogen and oxygen atoms in total. The van der Waals surface area contributed by atoms with E-state index in [0.29, 0.717) is 6.61 Å². The van der Waals surface area contributed by atoms with Crippen LogP contribution in [-0.2, 0) is 0 Å². The Kier molecular flexibility index (Phi) is 4.31. The van der Waals surface area contributed by atoms with E-state index in [2.05, 4.69) is 26.0 Å². The van der Waals surface area contributed by atoms with E-state index in [1.807, 2.05) is 30.3 Å². The first kappa shape index (κ1) is 15.9. The minimum absolute atomic E-state index is 0.0343. The number of methoxy groups -OCH3 is 1. The van der Waals surface area contributed by atoms with Crippen molar-refractivity contribution in [3.05, 3.63) is 48.0 Å². The molecule has 2 aromatic carbocycles. The molecule has 0 radical (unpaired) electrons. The van der Waals surface area contributed by atoms with Gasteiger partial charge in [-0.3, -0.25) is 0 Å². The Bertz CT molecular complexity index is 677. The van der Waals surface area contributed by atoms with Crippen molar-refractivity contribution in [2.75, 3.05) is 20.3 Å². The van der Waals surface area contributed by atoms with Crippen molar-refractivity contribution in [1.82, 2.24) is 0 Å². The Morgan fingerprint density at radius 1 is 1.22 bits per heavy atom. The van der Waals surface area contributed by atoms with Gasteiger partial charge in [-0.05, 0) is 29.5 Å². The molecule has 0 aliphatic carbocycles. The van der Waals surface area contributed by atoms with Gasteiger partial charge in [0.05, 0.1) is 20.3 Å². The van der Waals surface area contributed by atoms with Crippen LogP contribution in [0, 0.1) is 5.41 Å². The van der Waals surface area contributed by atoms with Crippen LogP contribution in [0.5, 0.6) is 11.5 Å². The Morgan fingerprint density at radius 2 is 1.96 bits per heavy atom. The first-order chi connectivity index (χ1) is 11.0. The fourth-order valence-corrected chi connectivity index (χ4v) is 3.30. The first-order valence-electron chi connectivity index (χ1n) is 8.05. The topological polar surface area (TPSA) is 38.7 Å². The second-order valence-corrected chi connectivity index (χ2v) is 6.99.